The summed E-state index contributed by atoms with van der Waals surface area (Å²) in [6.45, 7) is 7.19. The first-order chi connectivity index (χ1) is 8.25. The fourth-order valence-electron chi connectivity index (χ4n) is 0.924. The quantitative estimate of drug-likeness (QED) is 0.294. The minimum absolute atomic E-state index is 0.0284. The van der Waals surface area contributed by atoms with Crippen molar-refractivity contribution in [2.24, 2.45) is 11.8 Å². The monoisotopic (exact) mass is 261 g/mol. The molecule has 0 fully saturated rings. The smallest absolute Gasteiger partial charge is 0.402 e. The Balaban J connectivity index is 4.50. The number of esters is 2. The van der Waals surface area contributed by atoms with Gasteiger partial charge in [-0.05, 0) is 11.8 Å². The molecule has 0 aromatic carbocycles. The standard InChI is InChI=1S/C11H19NO6/c1-7(2)5-17-10(13)9(12(15)16)11(14)18-6-8(3)4/h7-9H,5-6H2,1-4H3. The van der Waals surface area contributed by atoms with E-state index in [1.54, 1.807) is 27.7 Å². The molecule has 0 radical (unpaired) electrons. The van der Waals surface area contributed by atoms with Crippen molar-refractivity contribution in [3.63, 3.8) is 0 Å². The summed E-state index contributed by atoms with van der Waals surface area (Å²) in [6.07, 6.45) is 0. The molecule has 0 unspecified atom stereocenters. The summed E-state index contributed by atoms with van der Waals surface area (Å²) in [5, 5.41) is 10.7. The Kier molecular flexibility index (Phi) is 6.92. The maximum atomic E-state index is 11.4. The molecule has 0 bridgehead atoms. The number of nitrogens with zero attached hydrogens (tertiary/aromatic N) is 1. The van der Waals surface area contributed by atoms with Gasteiger partial charge in [0.2, 0.25) is 0 Å². The highest BCUT2D eigenvalue weighted by molar-refractivity contribution is 5.97. The Morgan fingerprint density at radius 1 is 1.00 bits per heavy atom. The summed E-state index contributed by atoms with van der Waals surface area (Å²) in [7, 11) is 0. The van der Waals surface area contributed by atoms with E-state index >= 15 is 0 Å². The molecule has 0 aliphatic carbocycles. The van der Waals surface area contributed by atoms with E-state index in [0.29, 0.717) is 0 Å². The third kappa shape index (κ3) is 6.17. The third-order valence-corrected chi connectivity index (χ3v) is 1.78. The molecule has 0 aromatic heterocycles. The first-order valence-corrected chi connectivity index (χ1v) is 5.72. The fraction of sp³-hybridized carbons (Fsp3) is 0.818. The van der Waals surface area contributed by atoms with Crippen LogP contribution < -0.4 is 0 Å². The zero-order chi connectivity index (χ0) is 14.3. The van der Waals surface area contributed by atoms with E-state index in [1.807, 2.05) is 0 Å². The fourth-order valence-corrected chi connectivity index (χ4v) is 0.924. The van der Waals surface area contributed by atoms with Crippen LogP contribution in [-0.4, -0.2) is 36.1 Å². The van der Waals surface area contributed by atoms with E-state index in [0.717, 1.165) is 0 Å². The van der Waals surface area contributed by atoms with Crippen LogP contribution in [0.1, 0.15) is 27.7 Å². The largest absolute Gasteiger partial charge is 0.460 e. The molecule has 0 saturated heterocycles. The lowest BCUT2D eigenvalue weighted by atomic mass is 10.2. The zero-order valence-corrected chi connectivity index (χ0v) is 11.0. The normalized spacial score (nSPS) is 10.8. The lowest BCUT2D eigenvalue weighted by molar-refractivity contribution is -0.499. The summed E-state index contributed by atoms with van der Waals surface area (Å²) in [5.41, 5.74) is 0. The van der Waals surface area contributed by atoms with Crippen LogP contribution in [0.2, 0.25) is 0 Å². The Morgan fingerprint density at radius 3 is 1.56 bits per heavy atom. The second kappa shape index (κ2) is 7.62. The summed E-state index contributed by atoms with van der Waals surface area (Å²) < 4.78 is 9.35. The Morgan fingerprint density at radius 2 is 1.33 bits per heavy atom. The van der Waals surface area contributed by atoms with Gasteiger partial charge in [0.1, 0.15) is 0 Å². The molecule has 0 spiro atoms. The van der Waals surface area contributed by atoms with Crippen LogP contribution in [0.25, 0.3) is 0 Å². The lowest BCUT2D eigenvalue weighted by Crippen LogP contribution is -2.41. The summed E-state index contributed by atoms with van der Waals surface area (Å²) in [5.74, 6) is -2.29. The van der Waals surface area contributed by atoms with Crippen molar-refractivity contribution in [1.82, 2.24) is 0 Å². The highest BCUT2D eigenvalue weighted by Crippen LogP contribution is 2.03. The van der Waals surface area contributed by atoms with E-state index in [9.17, 15) is 19.7 Å². The van der Waals surface area contributed by atoms with E-state index in [1.165, 1.54) is 0 Å². The predicted molar refractivity (Wildman–Crippen MR) is 62.4 cm³/mol. The highest BCUT2D eigenvalue weighted by Gasteiger charge is 2.41. The average molecular weight is 261 g/mol. The summed E-state index contributed by atoms with van der Waals surface area (Å²) in [6, 6.07) is -2.09. The van der Waals surface area contributed by atoms with E-state index < -0.39 is 22.9 Å². The Bertz CT molecular complexity index is 289. The molecule has 0 aromatic rings. The minimum Gasteiger partial charge on any atom is -0.460 e. The number of hydrogen-bond donors (Lipinski definition) is 0. The number of nitro groups is 1. The minimum atomic E-state index is -2.09. The van der Waals surface area contributed by atoms with Crippen molar-refractivity contribution < 1.29 is 24.0 Å². The van der Waals surface area contributed by atoms with Gasteiger partial charge in [0.05, 0.1) is 13.2 Å². The molecule has 0 amide bonds. The van der Waals surface area contributed by atoms with Crippen LogP contribution in [0.15, 0.2) is 0 Å². The lowest BCUT2D eigenvalue weighted by Gasteiger charge is -2.11. The molecular formula is C11H19NO6. The maximum Gasteiger partial charge on any atom is 0.402 e. The van der Waals surface area contributed by atoms with Crippen molar-refractivity contribution in [3.05, 3.63) is 10.1 Å². The predicted octanol–water partition coefficient (Wildman–Crippen LogP) is 1.03. The SMILES string of the molecule is CC(C)COC(=O)C(C(=O)OCC(C)C)[N+](=O)[O-]. The Hall–Kier alpha value is -1.66. The highest BCUT2D eigenvalue weighted by atomic mass is 16.6. The molecular weight excluding hydrogens is 242 g/mol. The topological polar surface area (TPSA) is 95.7 Å². The van der Waals surface area contributed by atoms with Crippen molar-refractivity contribution in [3.8, 4) is 0 Å². The third-order valence-electron chi connectivity index (χ3n) is 1.78. The van der Waals surface area contributed by atoms with Crippen LogP contribution >= 0.6 is 0 Å². The number of ether oxygens (including phenoxy) is 2. The maximum absolute atomic E-state index is 11.4. The molecule has 7 nitrogen and oxygen atoms in total. The van der Waals surface area contributed by atoms with Gasteiger partial charge in [-0.1, -0.05) is 27.7 Å². The second-order valence-corrected chi connectivity index (χ2v) is 4.74. The van der Waals surface area contributed by atoms with Gasteiger partial charge >= 0.3 is 18.0 Å². The zero-order valence-electron chi connectivity index (χ0n) is 11.0. The van der Waals surface area contributed by atoms with Crippen molar-refractivity contribution in [2.75, 3.05) is 13.2 Å². The van der Waals surface area contributed by atoms with Crippen molar-refractivity contribution >= 4 is 11.9 Å². The molecule has 18 heavy (non-hydrogen) atoms. The first-order valence-electron chi connectivity index (χ1n) is 5.72. The van der Waals surface area contributed by atoms with Gasteiger partial charge in [-0.25, -0.2) is 9.59 Å². The number of carbonyl (C=O) groups is 2. The first kappa shape index (κ1) is 16.3. The van der Waals surface area contributed by atoms with Gasteiger partial charge in [0.25, 0.3) is 0 Å². The number of hydrogen-bond acceptors (Lipinski definition) is 6. The summed E-state index contributed by atoms with van der Waals surface area (Å²) in [4.78, 5) is 32.5. The van der Waals surface area contributed by atoms with E-state index in [2.05, 4.69) is 9.47 Å². The molecule has 0 heterocycles. The van der Waals surface area contributed by atoms with Crippen LogP contribution in [0.3, 0.4) is 0 Å². The average Bonchev–Trinajstić information content (AvgIpc) is 2.23. The molecule has 7 heteroatoms. The van der Waals surface area contributed by atoms with E-state index in [-0.39, 0.29) is 25.0 Å². The molecule has 0 N–H and O–H groups in total. The van der Waals surface area contributed by atoms with Gasteiger partial charge in [0.15, 0.2) is 0 Å². The molecule has 104 valence electrons. The van der Waals surface area contributed by atoms with Crippen LogP contribution in [-0.2, 0) is 19.1 Å². The molecule has 0 atom stereocenters. The second-order valence-electron chi connectivity index (χ2n) is 4.74. The molecule has 0 aliphatic rings. The van der Waals surface area contributed by atoms with Crippen LogP contribution in [0.4, 0.5) is 0 Å². The van der Waals surface area contributed by atoms with E-state index in [4.69, 9.17) is 0 Å². The van der Waals surface area contributed by atoms with Gasteiger partial charge in [0, 0.05) is 4.92 Å². The van der Waals surface area contributed by atoms with Crippen molar-refractivity contribution in [1.29, 1.82) is 0 Å². The Labute approximate surface area is 106 Å². The molecule has 0 rings (SSSR count). The number of rotatable bonds is 7. The van der Waals surface area contributed by atoms with Gasteiger partial charge in [-0.15, -0.1) is 0 Å². The molecule has 0 saturated carbocycles. The van der Waals surface area contributed by atoms with Crippen LogP contribution in [0.5, 0.6) is 0 Å². The van der Waals surface area contributed by atoms with Gasteiger partial charge in [-0.2, -0.15) is 0 Å². The van der Waals surface area contributed by atoms with Crippen LogP contribution in [0, 0.1) is 22.0 Å². The van der Waals surface area contributed by atoms with Crippen molar-refractivity contribution in [2.45, 2.75) is 33.7 Å². The van der Waals surface area contributed by atoms with Gasteiger partial charge in [-0.3, -0.25) is 10.1 Å². The van der Waals surface area contributed by atoms with Gasteiger partial charge < -0.3 is 9.47 Å². The molecule has 0 aliphatic heterocycles. The number of carbonyl (C=O) groups excluding carboxylic acids is 2. The summed E-state index contributed by atoms with van der Waals surface area (Å²) >= 11 is 0.